The maximum atomic E-state index is 6.04. The fraction of sp³-hybridized carbons (Fsp3) is 1.00. The highest BCUT2D eigenvalue weighted by atomic mass is 16.5. The molecule has 0 aromatic rings. The van der Waals surface area contributed by atoms with Gasteiger partial charge in [-0.3, -0.25) is 0 Å². The molecular weight excluding hydrogens is 280 g/mol. The molecular formula is C22H42O. The summed E-state index contributed by atoms with van der Waals surface area (Å²) < 4.78 is 6.04. The Morgan fingerprint density at radius 2 is 1.43 bits per heavy atom. The molecule has 1 heteroatoms. The van der Waals surface area contributed by atoms with E-state index in [0.717, 1.165) is 17.8 Å². The Balaban J connectivity index is 1.72. The molecule has 2 saturated carbocycles. The molecule has 0 aromatic heterocycles. The molecule has 0 spiro atoms. The monoisotopic (exact) mass is 322 g/mol. The van der Waals surface area contributed by atoms with Crippen LogP contribution in [0.2, 0.25) is 0 Å². The van der Waals surface area contributed by atoms with Gasteiger partial charge >= 0.3 is 0 Å². The maximum absolute atomic E-state index is 6.04. The Labute approximate surface area is 146 Å². The van der Waals surface area contributed by atoms with Gasteiger partial charge in [-0.05, 0) is 62.7 Å². The molecule has 0 N–H and O–H groups in total. The Kier molecular flexibility index (Phi) is 8.44. The second-order valence-corrected chi connectivity index (χ2v) is 8.60. The van der Waals surface area contributed by atoms with Crippen molar-refractivity contribution in [3.63, 3.8) is 0 Å². The first kappa shape index (κ1) is 19.3. The molecule has 0 atom stereocenters. The Morgan fingerprint density at radius 3 is 2.00 bits per heavy atom. The van der Waals surface area contributed by atoms with Crippen molar-refractivity contribution in [1.82, 2.24) is 0 Å². The second kappa shape index (κ2) is 10.1. The third-order valence-electron chi connectivity index (χ3n) is 7.12. The average Bonchev–Trinajstić information content (AvgIpc) is 2.60. The Hall–Kier alpha value is -0.0400. The van der Waals surface area contributed by atoms with Crippen molar-refractivity contribution >= 4 is 0 Å². The van der Waals surface area contributed by atoms with Gasteiger partial charge in [-0.2, -0.15) is 0 Å². The lowest BCUT2D eigenvalue weighted by molar-refractivity contribution is -0.0639. The van der Waals surface area contributed by atoms with Crippen LogP contribution in [0, 0.1) is 17.8 Å². The number of hydrogen-bond donors (Lipinski definition) is 0. The Bertz CT molecular complexity index is 295. The van der Waals surface area contributed by atoms with Crippen LogP contribution in [0.15, 0.2) is 0 Å². The molecule has 2 fully saturated rings. The lowest BCUT2D eigenvalue weighted by atomic mass is 9.67. The molecule has 0 bridgehead atoms. The first-order valence-corrected chi connectivity index (χ1v) is 10.8. The van der Waals surface area contributed by atoms with Crippen LogP contribution in [0.1, 0.15) is 110 Å². The molecule has 0 saturated heterocycles. The third-order valence-corrected chi connectivity index (χ3v) is 7.12. The van der Waals surface area contributed by atoms with Crippen molar-refractivity contribution in [2.24, 2.45) is 17.8 Å². The van der Waals surface area contributed by atoms with Crippen LogP contribution < -0.4 is 0 Å². The number of rotatable bonds is 9. The Morgan fingerprint density at radius 1 is 0.783 bits per heavy atom. The van der Waals surface area contributed by atoms with Crippen LogP contribution in [-0.2, 0) is 4.74 Å². The van der Waals surface area contributed by atoms with E-state index in [9.17, 15) is 0 Å². The molecule has 0 heterocycles. The number of unbranched alkanes of at least 4 members (excludes halogenated alkanes) is 3. The summed E-state index contributed by atoms with van der Waals surface area (Å²) in [5.41, 5.74) is 0.240. The SMILES string of the molecule is CCCCCC[C@]1(OC)CC[C@@H](C2CCC(CCC)CC2)CC1. The van der Waals surface area contributed by atoms with Gasteiger partial charge in [0.2, 0.25) is 0 Å². The van der Waals surface area contributed by atoms with E-state index in [-0.39, 0.29) is 5.60 Å². The van der Waals surface area contributed by atoms with E-state index in [1.807, 2.05) is 7.11 Å². The zero-order chi connectivity index (χ0) is 16.5. The molecule has 2 aliphatic rings. The van der Waals surface area contributed by atoms with Gasteiger partial charge in [0.1, 0.15) is 0 Å². The van der Waals surface area contributed by atoms with Gasteiger partial charge in [0.15, 0.2) is 0 Å². The van der Waals surface area contributed by atoms with E-state index < -0.39 is 0 Å². The van der Waals surface area contributed by atoms with E-state index in [2.05, 4.69) is 13.8 Å². The van der Waals surface area contributed by atoms with E-state index in [1.165, 1.54) is 96.3 Å². The van der Waals surface area contributed by atoms with Crippen molar-refractivity contribution in [1.29, 1.82) is 0 Å². The minimum Gasteiger partial charge on any atom is -0.378 e. The van der Waals surface area contributed by atoms with Crippen molar-refractivity contribution in [2.75, 3.05) is 7.11 Å². The van der Waals surface area contributed by atoms with Gasteiger partial charge in [0.25, 0.3) is 0 Å². The molecule has 0 unspecified atom stereocenters. The summed E-state index contributed by atoms with van der Waals surface area (Å²) in [6.45, 7) is 4.64. The molecule has 0 amide bonds. The minimum atomic E-state index is 0.240. The van der Waals surface area contributed by atoms with Gasteiger partial charge in [0, 0.05) is 7.11 Å². The first-order valence-electron chi connectivity index (χ1n) is 10.8. The number of methoxy groups -OCH3 is 1. The van der Waals surface area contributed by atoms with Crippen molar-refractivity contribution in [3.05, 3.63) is 0 Å². The molecule has 23 heavy (non-hydrogen) atoms. The topological polar surface area (TPSA) is 9.23 Å². The van der Waals surface area contributed by atoms with E-state index >= 15 is 0 Å². The summed E-state index contributed by atoms with van der Waals surface area (Å²) in [4.78, 5) is 0. The van der Waals surface area contributed by atoms with E-state index in [0.29, 0.717) is 0 Å². The first-order chi connectivity index (χ1) is 11.2. The highest BCUT2D eigenvalue weighted by molar-refractivity contribution is 4.90. The molecule has 0 radical (unpaired) electrons. The quantitative estimate of drug-likeness (QED) is 0.410. The minimum absolute atomic E-state index is 0.240. The van der Waals surface area contributed by atoms with Crippen molar-refractivity contribution < 1.29 is 4.74 Å². The summed E-state index contributed by atoms with van der Waals surface area (Å²) in [7, 11) is 1.97. The molecule has 2 aliphatic carbocycles. The van der Waals surface area contributed by atoms with Gasteiger partial charge in [-0.1, -0.05) is 65.2 Å². The zero-order valence-electron chi connectivity index (χ0n) is 16.2. The second-order valence-electron chi connectivity index (χ2n) is 8.60. The van der Waals surface area contributed by atoms with Gasteiger partial charge in [-0.25, -0.2) is 0 Å². The van der Waals surface area contributed by atoms with Crippen LogP contribution in [0.25, 0.3) is 0 Å². The molecule has 136 valence electrons. The standard InChI is InChI=1S/C22H42O/c1-4-6-7-8-16-22(23-3)17-14-21(15-18-22)20-12-10-19(9-5-2)11-13-20/h19-21H,4-18H2,1-3H3/t19?,20?,21-,22+. The predicted molar refractivity (Wildman–Crippen MR) is 101 cm³/mol. The average molecular weight is 323 g/mol. The molecule has 1 nitrogen and oxygen atoms in total. The fourth-order valence-electron chi connectivity index (χ4n) is 5.42. The van der Waals surface area contributed by atoms with E-state index in [1.54, 1.807) is 0 Å². The molecule has 0 aromatic carbocycles. The van der Waals surface area contributed by atoms with Crippen LogP contribution in [-0.4, -0.2) is 12.7 Å². The summed E-state index contributed by atoms with van der Waals surface area (Å²) in [5.74, 6) is 3.10. The predicted octanol–water partition coefficient (Wildman–Crippen LogP) is 7.14. The lowest BCUT2D eigenvalue weighted by Crippen LogP contribution is -2.38. The highest BCUT2D eigenvalue weighted by Crippen LogP contribution is 2.45. The normalized spacial score (nSPS) is 35.3. The number of ether oxygens (including phenoxy) is 1. The largest absolute Gasteiger partial charge is 0.378 e. The summed E-state index contributed by atoms with van der Waals surface area (Å²) in [5, 5.41) is 0. The number of hydrogen-bond acceptors (Lipinski definition) is 1. The van der Waals surface area contributed by atoms with Crippen molar-refractivity contribution in [3.8, 4) is 0 Å². The highest BCUT2D eigenvalue weighted by Gasteiger charge is 2.38. The van der Waals surface area contributed by atoms with Crippen LogP contribution in [0.5, 0.6) is 0 Å². The third kappa shape index (κ3) is 5.76. The molecule has 0 aliphatic heterocycles. The summed E-state index contributed by atoms with van der Waals surface area (Å²) in [6, 6.07) is 0. The van der Waals surface area contributed by atoms with Crippen LogP contribution >= 0.6 is 0 Å². The fourth-order valence-corrected chi connectivity index (χ4v) is 5.42. The van der Waals surface area contributed by atoms with Crippen LogP contribution in [0.4, 0.5) is 0 Å². The van der Waals surface area contributed by atoms with Crippen molar-refractivity contribution in [2.45, 2.75) is 116 Å². The maximum Gasteiger partial charge on any atom is 0.0679 e. The van der Waals surface area contributed by atoms with Gasteiger partial charge < -0.3 is 4.74 Å². The van der Waals surface area contributed by atoms with Crippen LogP contribution in [0.3, 0.4) is 0 Å². The summed E-state index contributed by atoms with van der Waals surface area (Å²) >= 11 is 0. The smallest absolute Gasteiger partial charge is 0.0679 e. The molecule has 2 rings (SSSR count). The van der Waals surface area contributed by atoms with E-state index in [4.69, 9.17) is 4.74 Å². The van der Waals surface area contributed by atoms with Gasteiger partial charge in [-0.15, -0.1) is 0 Å². The zero-order valence-corrected chi connectivity index (χ0v) is 16.2. The summed E-state index contributed by atoms with van der Waals surface area (Å²) in [6.07, 6.45) is 21.3. The lowest BCUT2D eigenvalue weighted by Gasteiger charge is -2.43. The van der Waals surface area contributed by atoms with Gasteiger partial charge in [0.05, 0.1) is 5.60 Å².